The van der Waals surface area contributed by atoms with Crippen LogP contribution in [0, 0.1) is 0 Å². The molecule has 1 heterocycles. The number of nitrogens with one attached hydrogen (secondary N) is 1. The van der Waals surface area contributed by atoms with Crippen LogP contribution in [0.4, 0.5) is 0 Å². The third-order valence-corrected chi connectivity index (χ3v) is 3.94. The molecular formula is C20H21N3O4. The summed E-state index contributed by atoms with van der Waals surface area (Å²) in [6.07, 6.45) is 0. The van der Waals surface area contributed by atoms with E-state index in [4.69, 9.17) is 14.0 Å². The van der Waals surface area contributed by atoms with E-state index >= 15 is 0 Å². The molecule has 140 valence electrons. The van der Waals surface area contributed by atoms with Crippen molar-refractivity contribution in [3.05, 3.63) is 60.0 Å². The Hall–Kier alpha value is -3.35. The molecule has 0 bridgehead atoms. The molecule has 3 aromatic rings. The Balaban J connectivity index is 1.77. The summed E-state index contributed by atoms with van der Waals surface area (Å²) in [6.45, 7) is 4.13. The number of carbonyl (C=O) groups is 1. The number of carbonyl (C=O) groups excluding carboxylic acids is 1. The summed E-state index contributed by atoms with van der Waals surface area (Å²) in [4.78, 5) is 17.0. The quantitative estimate of drug-likeness (QED) is 0.686. The molecule has 7 heteroatoms. The number of aromatic nitrogens is 2. The van der Waals surface area contributed by atoms with Gasteiger partial charge in [0.2, 0.25) is 11.7 Å². The Morgan fingerprint density at radius 3 is 2.59 bits per heavy atom. The van der Waals surface area contributed by atoms with Crippen LogP contribution < -0.4 is 14.8 Å². The second-order valence-electron chi connectivity index (χ2n) is 5.78. The van der Waals surface area contributed by atoms with Gasteiger partial charge in [0.25, 0.3) is 5.91 Å². The number of nitrogens with zero attached hydrogens (tertiary/aromatic N) is 2. The predicted molar refractivity (Wildman–Crippen MR) is 99.8 cm³/mol. The minimum absolute atomic E-state index is 0.274. The number of benzene rings is 2. The van der Waals surface area contributed by atoms with Crippen LogP contribution in [0.25, 0.3) is 11.4 Å². The Labute approximate surface area is 157 Å². The zero-order valence-corrected chi connectivity index (χ0v) is 15.4. The molecule has 1 atom stereocenters. The second-order valence-corrected chi connectivity index (χ2v) is 5.78. The summed E-state index contributed by atoms with van der Waals surface area (Å²) in [5.41, 5.74) is 1.17. The fourth-order valence-electron chi connectivity index (χ4n) is 2.62. The molecule has 1 unspecified atom stereocenters. The third-order valence-electron chi connectivity index (χ3n) is 3.94. The van der Waals surface area contributed by atoms with Crippen molar-refractivity contribution >= 4 is 5.91 Å². The Morgan fingerprint density at radius 1 is 1.15 bits per heavy atom. The summed E-state index contributed by atoms with van der Waals surface area (Å²) >= 11 is 0. The lowest BCUT2D eigenvalue weighted by Crippen LogP contribution is -2.27. The van der Waals surface area contributed by atoms with E-state index in [0.29, 0.717) is 35.4 Å². The van der Waals surface area contributed by atoms with Gasteiger partial charge in [0.1, 0.15) is 17.5 Å². The van der Waals surface area contributed by atoms with E-state index in [2.05, 4.69) is 15.5 Å². The fourth-order valence-corrected chi connectivity index (χ4v) is 2.62. The van der Waals surface area contributed by atoms with Gasteiger partial charge in [-0.1, -0.05) is 29.4 Å². The van der Waals surface area contributed by atoms with Crippen LogP contribution in [0.5, 0.6) is 11.5 Å². The number of methoxy groups -OCH3 is 1. The first kappa shape index (κ1) is 18.4. The maximum absolute atomic E-state index is 12.6. The standard InChI is InChI=1S/C20H21N3O4/c1-4-26-17-12-8-6-10-15(17)19(24)21-13(2)20-22-18(23-27-20)14-9-5-7-11-16(14)25-3/h5-13H,4H2,1-3H3,(H,21,24). The molecule has 2 aromatic carbocycles. The maximum Gasteiger partial charge on any atom is 0.255 e. The van der Waals surface area contributed by atoms with E-state index in [1.54, 1.807) is 32.2 Å². The molecule has 0 saturated carbocycles. The number of hydrogen-bond acceptors (Lipinski definition) is 6. The average Bonchev–Trinajstić information content (AvgIpc) is 3.18. The van der Waals surface area contributed by atoms with Gasteiger partial charge in [0.15, 0.2) is 0 Å². The van der Waals surface area contributed by atoms with Gasteiger partial charge in [0, 0.05) is 0 Å². The number of hydrogen-bond donors (Lipinski definition) is 1. The van der Waals surface area contributed by atoms with Crippen molar-refractivity contribution in [3.63, 3.8) is 0 Å². The van der Waals surface area contributed by atoms with E-state index in [-0.39, 0.29) is 5.91 Å². The van der Waals surface area contributed by atoms with Crippen LogP contribution in [-0.4, -0.2) is 29.8 Å². The second kappa shape index (κ2) is 8.35. The first-order valence-electron chi connectivity index (χ1n) is 8.63. The normalized spacial score (nSPS) is 11.7. The van der Waals surface area contributed by atoms with E-state index < -0.39 is 6.04 Å². The fraction of sp³-hybridized carbons (Fsp3) is 0.250. The van der Waals surface area contributed by atoms with Gasteiger partial charge in [0.05, 0.1) is 24.8 Å². The minimum Gasteiger partial charge on any atom is -0.496 e. The van der Waals surface area contributed by atoms with Gasteiger partial charge in [-0.25, -0.2) is 0 Å². The zero-order valence-electron chi connectivity index (χ0n) is 15.4. The van der Waals surface area contributed by atoms with Crippen molar-refractivity contribution in [3.8, 4) is 22.9 Å². The molecule has 0 radical (unpaired) electrons. The Bertz CT molecular complexity index is 923. The summed E-state index contributed by atoms with van der Waals surface area (Å²) in [7, 11) is 1.58. The lowest BCUT2D eigenvalue weighted by atomic mass is 10.1. The highest BCUT2D eigenvalue weighted by molar-refractivity contribution is 5.97. The van der Waals surface area contributed by atoms with Crippen LogP contribution in [0.3, 0.4) is 0 Å². The van der Waals surface area contributed by atoms with Gasteiger partial charge in [-0.2, -0.15) is 4.98 Å². The van der Waals surface area contributed by atoms with E-state index in [1.807, 2.05) is 37.3 Å². The van der Waals surface area contributed by atoms with Crippen LogP contribution in [0.2, 0.25) is 0 Å². The molecule has 27 heavy (non-hydrogen) atoms. The molecule has 0 aliphatic carbocycles. The van der Waals surface area contributed by atoms with Crippen molar-refractivity contribution < 1.29 is 18.8 Å². The number of para-hydroxylation sites is 2. The van der Waals surface area contributed by atoms with Gasteiger partial charge in [-0.3, -0.25) is 4.79 Å². The molecule has 0 aliphatic heterocycles. The zero-order chi connectivity index (χ0) is 19.2. The molecule has 1 aromatic heterocycles. The van der Waals surface area contributed by atoms with Gasteiger partial charge in [-0.05, 0) is 38.1 Å². The Kier molecular flexibility index (Phi) is 5.71. The summed E-state index contributed by atoms with van der Waals surface area (Å²) in [6, 6.07) is 14.0. The van der Waals surface area contributed by atoms with Gasteiger partial charge in [-0.15, -0.1) is 0 Å². The van der Waals surface area contributed by atoms with Crippen LogP contribution in [0.15, 0.2) is 53.1 Å². The molecule has 3 rings (SSSR count). The van der Waals surface area contributed by atoms with E-state index in [1.165, 1.54) is 0 Å². The molecular weight excluding hydrogens is 346 g/mol. The number of rotatable bonds is 7. The molecule has 1 N–H and O–H groups in total. The molecule has 0 aliphatic rings. The van der Waals surface area contributed by atoms with Crippen molar-refractivity contribution in [1.82, 2.24) is 15.5 Å². The smallest absolute Gasteiger partial charge is 0.255 e. The third kappa shape index (κ3) is 4.08. The first-order valence-corrected chi connectivity index (χ1v) is 8.63. The predicted octanol–water partition coefficient (Wildman–Crippen LogP) is 3.63. The minimum atomic E-state index is -0.469. The highest BCUT2D eigenvalue weighted by Gasteiger charge is 2.21. The average molecular weight is 367 g/mol. The van der Waals surface area contributed by atoms with Crippen molar-refractivity contribution in [2.24, 2.45) is 0 Å². The summed E-state index contributed by atoms with van der Waals surface area (Å²) in [5, 5.41) is 6.86. The Morgan fingerprint density at radius 2 is 1.85 bits per heavy atom. The highest BCUT2D eigenvalue weighted by Crippen LogP contribution is 2.28. The van der Waals surface area contributed by atoms with Crippen molar-refractivity contribution in [1.29, 1.82) is 0 Å². The molecule has 0 saturated heterocycles. The largest absolute Gasteiger partial charge is 0.496 e. The number of ether oxygens (including phenoxy) is 2. The molecule has 0 spiro atoms. The molecule has 7 nitrogen and oxygen atoms in total. The molecule has 0 fully saturated rings. The maximum atomic E-state index is 12.6. The highest BCUT2D eigenvalue weighted by atomic mass is 16.5. The first-order chi connectivity index (χ1) is 13.1. The van der Waals surface area contributed by atoms with Gasteiger partial charge < -0.3 is 19.3 Å². The van der Waals surface area contributed by atoms with Crippen LogP contribution in [-0.2, 0) is 0 Å². The summed E-state index contributed by atoms with van der Waals surface area (Å²) in [5.74, 6) is 1.61. The van der Waals surface area contributed by atoms with E-state index in [9.17, 15) is 4.79 Å². The summed E-state index contributed by atoms with van der Waals surface area (Å²) < 4.78 is 16.2. The topological polar surface area (TPSA) is 86.5 Å². The van der Waals surface area contributed by atoms with Gasteiger partial charge >= 0.3 is 0 Å². The SMILES string of the molecule is CCOc1ccccc1C(=O)NC(C)c1nc(-c2ccccc2OC)no1. The van der Waals surface area contributed by atoms with E-state index in [0.717, 1.165) is 5.56 Å². The molecule has 1 amide bonds. The monoisotopic (exact) mass is 367 g/mol. The van der Waals surface area contributed by atoms with Crippen molar-refractivity contribution in [2.45, 2.75) is 19.9 Å². The lowest BCUT2D eigenvalue weighted by molar-refractivity contribution is 0.0928. The van der Waals surface area contributed by atoms with Crippen molar-refractivity contribution in [2.75, 3.05) is 13.7 Å². The number of amides is 1. The van der Waals surface area contributed by atoms with Crippen LogP contribution in [0.1, 0.15) is 36.1 Å². The van der Waals surface area contributed by atoms with Crippen LogP contribution >= 0.6 is 0 Å². The lowest BCUT2D eigenvalue weighted by Gasteiger charge is -2.12.